The van der Waals surface area contributed by atoms with Crippen molar-refractivity contribution in [2.75, 3.05) is 24.1 Å². The van der Waals surface area contributed by atoms with Crippen LogP contribution in [0.3, 0.4) is 0 Å². The van der Waals surface area contributed by atoms with Gasteiger partial charge < -0.3 is 14.6 Å². The van der Waals surface area contributed by atoms with Crippen LogP contribution in [0.5, 0.6) is 11.8 Å². The van der Waals surface area contributed by atoms with Crippen LogP contribution in [0, 0.1) is 5.82 Å². The van der Waals surface area contributed by atoms with Crippen LogP contribution in [-0.4, -0.2) is 55.3 Å². The van der Waals surface area contributed by atoms with E-state index in [1.54, 1.807) is 4.72 Å². The van der Waals surface area contributed by atoms with Gasteiger partial charge in [0, 0.05) is 11.6 Å². The molecular weight excluding hydrogens is 359 g/mol. The number of aromatic hydroxyl groups is 1. The second-order valence-electron chi connectivity index (χ2n) is 5.46. The number of rotatable bonds is 3. The number of aromatic nitrogens is 2. The van der Waals surface area contributed by atoms with E-state index in [2.05, 4.69) is 9.97 Å². The fraction of sp³-hybridized carbons (Fsp3) is 0.308. The maximum absolute atomic E-state index is 14.9. The second kappa shape index (κ2) is 5.39. The summed E-state index contributed by atoms with van der Waals surface area (Å²) >= 11 is 0. The van der Waals surface area contributed by atoms with E-state index >= 15 is 0 Å². The average molecular weight is 370 g/mol. The summed E-state index contributed by atoms with van der Waals surface area (Å²) in [5, 5.41) is 10.2. The zero-order valence-electron chi connectivity index (χ0n) is 12.5. The van der Waals surface area contributed by atoms with Gasteiger partial charge in [-0.1, -0.05) is 0 Å². The third-order valence-corrected chi connectivity index (χ3v) is 5.07. The lowest BCUT2D eigenvalue weighted by Gasteiger charge is -2.25. The van der Waals surface area contributed by atoms with Gasteiger partial charge in [-0.05, 0) is 6.07 Å². The molecule has 132 valence electrons. The molecule has 2 saturated heterocycles. The summed E-state index contributed by atoms with van der Waals surface area (Å²) in [6, 6.07) is 1.01. The van der Waals surface area contributed by atoms with Crippen LogP contribution in [0.4, 0.5) is 10.1 Å². The van der Waals surface area contributed by atoms with Crippen molar-refractivity contribution in [1.82, 2.24) is 14.7 Å². The molecule has 3 heterocycles. The van der Waals surface area contributed by atoms with E-state index in [0.29, 0.717) is 17.5 Å². The van der Waals surface area contributed by atoms with Gasteiger partial charge in [-0.15, -0.1) is 0 Å². The summed E-state index contributed by atoms with van der Waals surface area (Å²) in [4.78, 5) is 19.2. The second-order valence-corrected chi connectivity index (χ2v) is 7.06. The minimum absolute atomic E-state index is 0.102. The zero-order valence-corrected chi connectivity index (χ0v) is 13.3. The number of carbonyl (C=O) groups excluding carboxylic acids is 1. The van der Waals surface area contributed by atoms with Crippen molar-refractivity contribution in [3.63, 3.8) is 0 Å². The molecule has 12 heteroatoms. The van der Waals surface area contributed by atoms with E-state index in [9.17, 15) is 22.7 Å². The summed E-state index contributed by atoms with van der Waals surface area (Å²) in [7, 11) is -4.28. The van der Waals surface area contributed by atoms with Gasteiger partial charge in [0.1, 0.15) is 29.6 Å². The van der Waals surface area contributed by atoms with Crippen molar-refractivity contribution < 1.29 is 32.2 Å². The quantitative estimate of drug-likeness (QED) is 0.735. The number of phenols is 1. The van der Waals surface area contributed by atoms with Crippen molar-refractivity contribution in [1.29, 1.82) is 0 Å². The molecule has 1 amide bonds. The van der Waals surface area contributed by atoms with Crippen molar-refractivity contribution in [2.45, 2.75) is 6.10 Å². The first kappa shape index (κ1) is 15.8. The van der Waals surface area contributed by atoms with Gasteiger partial charge in [0.2, 0.25) is 0 Å². The van der Waals surface area contributed by atoms with Crippen molar-refractivity contribution in [3.8, 4) is 11.8 Å². The maximum atomic E-state index is 14.9. The van der Waals surface area contributed by atoms with Crippen LogP contribution >= 0.6 is 0 Å². The van der Waals surface area contributed by atoms with Crippen LogP contribution in [0.1, 0.15) is 0 Å². The Bertz CT molecular complexity index is 994. The molecule has 10 nitrogen and oxygen atoms in total. The highest BCUT2D eigenvalue weighted by atomic mass is 32.2. The molecule has 0 aliphatic carbocycles. The predicted octanol–water partition coefficient (Wildman–Crippen LogP) is -0.567. The van der Waals surface area contributed by atoms with E-state index in [-0.39, 0.29) is 23.0 Å². The van der Waals surface area contributed by atoms with Gasteiger partial charge in [-0.25, -0.2) is 18.4 Å². The maximum Gasteiger partial charge on any atom is 0.326 e. The highest BCUT2D eigenvalue weighted by molar-refractivity contribution is 7.92. The Kier molecular flexibility index (Phi) is 3.40. The number of nitrogens with one attached hydrogen (secondary N) is 1. The van der Waals surface area contributed by atoms with Gasteiger partial charge in [-0.2, -0.15) is 13.4 Å². The Hall–Kier alpha value is -2.73. The number of nitrogens with zero attached hydrogens (tertiary/aromatic N) is 3. The number of anilines is 1. The normalized spacial score (nSPS) is 19.7. The third kappa shape index (κ3) is 2.59. The number of fused-ring (bicyclic) bond motifs is 1. The van der Waals surface area contributed by atoms with E-state index in [0.717, 1.165) is 6.07 Å². The molecule has 2 aromatic rings. The van der Waals surface area contributed by atoms with Gasteiger partial charge >= 0.3 is 16.2 Å². The minimum atomic E-state index is -4.28. The molecule has 4 rings (SSSR count). The van der Waals surface area contributed by atoms with Crippen molar-refractivity contribution in [2.24, 2.45) is 0 Å². The molecule has 2 aliphatic heterocycles. The summed E-state index contributed by atoms with van der Waals surface area (Å²) < 4.78 is 51.2. The number of halogens is 1. The Morgan fingerprint density at radius 3 is 2.80 bits per heavy atom. The molecule has 1 aromatic heterocycles. The summed E-state index contributed by atoms with van der Waals surface area (Å²) in [5.41, 5.74) is -0.907. The Morgan fingerprint density at radius 2 is 2.20 bits per heavy atom. The molecule has 2 aliphatic rings. The van der Waals surface area contributed by atoms with Crippen LogP contribution in [0.2, 0.25) is 0 Å². The Labute approximate surface area is 140 Å². The lowest BCUT2D eigenvalue weighted by Crippen LogP contribution is -2.39. The first-order chi connectivity index (χ1) is 11.8. The number of phenolic OH excluding ortho intramolecular Hbond substituents is 1. The first-order valence-corrected chi connectivity index (χ1v) is 8.55. The smallest absolute Gasteiger partial charge is 0.326 e. The van der Waals surface area contributed by atoms with Gasteiger partial charge in [0.25, 0.3) is 5.91 Å². The summed E-state index contributed by atoms with van der Waals surface area (Å²) in [6.45, 7) is 0.0845. The van der Waals surface area contributed by atoms with E-state index in [4.69, 9.17) is 9.47 Å². The van der Waals surface area contributed by atoms with E-state index in [1.807, 2.05) is 0 Å². The third-order valence-electron chi connectivity index (χ3n) is 3.69. The van der Waals surface area contributed by atoms with Crippen LogP contribution in [-0.2, 0) is 19.7 Å². The average Bonchev–Trinajstić information content (AvgIpc) is 2.76. The van der Waals surface area contributed by atoms with E-state index in [1.165, 1.54) is 6.20 Å². The van der Waals surface area contributed by atoms with Crippen LogP contribution < -0.4 is 13.8 Å². The van der Waals surface area contributed by atoms with Crippen molar-refractivity contribution in [3.05, 3.63) is 18.1 Å². The molecule has 0 spiro atoms. The monoisotopic (exact) mass is 370 g/mol. The summed E-state index contributed by atoms with van der Waals surface area (Å²) in [5.74, 6) is -2.60. The van der Waals surface area contributed by atoms with Crippen LogP contribution in [0.25, 0.3) is 10.9 Å². The standard InChI is InChI=1S/C13H11FN4O6S/c14-10-11-6(2-15-13(16-11)24-7-4-23-5-7)1-8(19)12(10)18-3-9(20)17-25(18,21)22/h1-2,7,19H,3-5H2,(H,17,20). The number of amides is 1. The Balaban J connectivity index is 1.82. The fourth-order valence-corrected chi connectivity index (χ4v) is 3.63. The molecule has 0 bridgehead atoms. The molecule has 1 aromatic carbocycles. The van der Waals surface area contributed by atoms with Gasteiger partial charge in [0.05, 0.1) is 13.2 Å². The number of hydrogen-bond donors (Lipinski definition) is 2. The minimum Gasteiger partial charge on any atom is -0.506 e. The number of carbonyl (C=O) groups is 1. The molecule has 2 N–H and O–H groups in total. The predicted molar refractivity (Wildman–Crippen MR) is 80.8 cm³/mol. The highest BCUT2D eigenvalue weighted by Gasteiger charge is 2.38. The molecule has 0 atom stereocenters. The molecular formula is C13H11FN4O6S. The molecule has 0 unspecified atom stereocenters. The van der Waals surface area contributed by atoms with E-state index < -0.39 is 39.9 Å². The van der Waals surface area contributed by atoms with Gasteiger partial charge in [0.15, 0.2) is 5.82 Å². The Morgan fingerprint density at radius 1 is 1.44 bits per heavy atom. The zero-order chi connectivity index (χ0) is 17.8. The van der Waals surface area contributed by atoms with Crippen molar-refractivity contribution >= 4 is 32.7 Å². The van der Waals surface area contributed by atoms with Gasteiger partial charge in [-0.3, -0.25) is 4.79 Å². The summed E-state index contributed by atoms with van der Waals surface area (Å²) in [6.07, 6.45) is 1.00. The SMILES string of the molecule is O=C1CN(c2c(O)cc3cnc(OC4COC4)nc3c2F)S(=O)(=O)N1. The number of hydrogen-bond acceptors (Lipinski definition) is 8. The molecule has 0 saturated carbocycles. The van der Waals surface area contributed by atoms with Crippen LogP contribution in [0.15, 0.2) is 12.3 Å². The lowest BCUT2D eigenvalue weighted by atomic mass is 10.2. The highest BCUT2D eigenvalue weighted by Crippen LogP contribution is 2.37. The number of ether oxygens (including phenoxy) is 2. The number of benzene rings is 1. The fourth-order valence-electron chi connectivity index (χ4n) is 2.47. The molecule has 0 radical (unpaired) electrons. The first-order valence-electron chi connectivity index (χ1n) is 7.11. The topological polar surface area (TPSA) is 131 Å². The molecule has 25 heavy (non-hydrogen) atoms. The largest absolute Gasteiger partial charge is 0.506 e. The lowest BCUT2D eigenvalue weighted by molar-refractivity contribution is -0.117. The molecule has 2 fully saturated rings.